The number of amides is 1. The topological polar surface area (TPSA) is 70.6 Å². The van der Waals surface area contributed by atoms with E-state index in [-0.39, 0.29) is 23.7 Å². The van der Waals surface area contributed by atoms with Gasteiger partial charge in [-0.3, -0.25) is 10.1 Å². The maximum atomic E-state index is 11.7. The van der Waals surface area contributed by atoms with Crippen LogP contribution in [0.2, 0.25) is 0 Å². The minimum Gasteiger partial charge on any atom is -0.508 e. The van der Waals surface area contributed by atoms with E-state index in [1.54, 1.807) is 32.2 Å². The van der Waals surface area contributed by atoms with E-state index < -0.39 is 0 Å². The molecule has 2 unspecified atom stereocenters. The molecule has 0 aromatic heterocycles. The molecule has 0 radical (unpaired) electrons. The molecule has 5 nitrogen and oxygen atoms in total. The Morgan fingerprint density at radius 2 is 2.11 bits per heavy atom. The molecule has 0 spiro atoms. The minimum atomic E-state index is -0.333. The van der Waals surface area contributed by atoms with Gasteiger partial charge >= 0.3 is 0 Å². The number of ether oxygens (including phenoxy) is 1. The number of nitrogens with one attached hydrogen (secondary N) is 2. The Hall–Kier alpha value is -1.75. The van der Waals surface area contributed by atoms with Gasteiger partial charge in [0.2, 0.25) is 5.91 Å². The zero-order chi connectivity index (χ0) is 14.4. The summed E-state index contributed by atoms with van der Waals surface area (Å²) >= 11 is 0. The number of phenols is 1. The van der Waals surface area contributed by atoms with Gasteiger partial charge in [-0.2, -0.15) is 0 Å². The average molecular weight is 266 g/mol. The van der Waals surface area contributed by atoms with Crippen molar-refractivity contribution in [2.75, 3.05) is 13.7 Å². The van der Waals surface area contributed by atoms with Crippen LogP contribution in [0.25, 0.3) is 0 Å². The molecule has 0 heterocycles. The molecule has 19 heavy (non-hydrogen) atoms. The quantitative estimate of drug-likeness (QED) is 0.731. The summed E-state index contributed by atoms with van der Waals surface area (Å²) in [5, 5.41) is 15.8. The molecule has 1 aromatic rings. The number of phenolic OH excluding ortho intramolecular Hbond substituents is 1. The van der Waals surface area contributed by atoms with Crippen molar-refractivity contribution in [1.82, 2.24) is 10.6 Å². The third-order valence-electron chi connectivity index (χ3n) is 2.95. The van der Waals surface area contributed by atoms with E-state index in [0.29, 0.717) is 17.9 Å². The van der Waals surface area contributed by atoms with Gasteiger partial charge in [0, 0.05) is 18.2 Å². The molecule has 0 aliphatic heterocycles. The van der Waals surface area contributed by atoms with Gasteiger partial charge in [-0.05, 0) is 39.0 Å². The monoisotopic (exact) mass is 266 g/mol. The van der Waals surface area contributed by atoms with E-state index in [2.05, 4.69) is 10.6 Å². The molecular formula is C14H22N2O3. The third kappa shape index (κ3) is 4.13. The number of likely N-dealkylation sites (N-methyl/N-ethyl adjacent to an activating group) is 1. The van der Waals surface area contributed by atoms with Crippen LogP contribution in [-0.4, -0.2) is 30.7 Å². The van der Waals surface area contributed by atoms with Gasteiger partial charge in [-0.25, -0.2) is 0 Å². The summed E-state index contributed by atoms with van der Waals surface area (Å²) < 4.78 is 5.13. The molecule has 0 saturated heterocycles. The normalized spacial score (nSPS) is 13.7. The van der Waals surface area contributed by atoms with Gasteiger partial charge in [0.05, 0.1) is 13.2 Å². The van der Waals surface area contributed by atoms with Crippen molar-refractivity contribution >= 4 is 5.91 Å². The Morgan fingerprint density at radius 3 is 2.68 bits per heavy atom. The summed E-state index contributed by atoms with van der Waals surface area (Å²) in [5.74, 6) is 0.799. The van der Waals surface area contributed by atoms with Gasteiger partial charge in [0.1, 0.15) is 11.5 Å². The van der Waals surface area contributed by atoms with Gasteiger partial charge in [-0.1, -0.05) is 0 Å². The SMILES string of the molecule is CCNC(=O)C(C)NC(C)c1cc(OC)ccc1O. The lowest BCUT2D eigenvalue weighted by Crippen LogP contribution is -2.43. The van der Waals surface area contributed by atoms with E-state index in [4.69, 9.17) is 4.74 Å². The highest BCUT2D eigenvalue weighted by Gasteiger charge is 2.18. The Labute approximate surface area is 114 Å². The molecular weight excluding hydrogens is 244 g/mol. The fourth-order valence-corrected chi connectivity index (χ4v) is 1.87. The second kappa shape index (κ2) is 6.99. The molecule has 3 N–H and O–H groups in total. The molecule has 0 aliphatic carbocycles. The van der Waals surface area contributed by atoms with Crippen LogP contribution in [-0.2, 0) is 4.79 Å². The lowest BCUT2D eigenvalue weighted by molar-refractivity contribution is -0.122. The number of aromatic hydroxyl groups is 1. The molecule has 0 saturated carbocycles. The molecule has 0 fully saturated rings. The van der Waals surface area contributed by atoms with E-state index >= 15 is 0 Å². The smallest absolute Gasteiger partial charge is 0.236 e. The molecule has 1 aromatic carbocycles. The highest BCUT2D eigenvalue weighted by molar-refractivity contribution is 5.81. The minimum absolute atomic E-state index is 0.0586. The Bertz CT molecular complexity index is 435. The molecule has 0 bridgehead atoms. The average Bonchev–Trinajstić information content (AvgIpc) is 2.39. The predicted octanol–water partition coefficient (Wildman–Crippen LogP) is 1.58. The van der Waals surface area contributed by atoms with E-state index in [9.17, 15) is 9.90 Å². The molecule has 0 aliphatic rings. The molecule has 1 amide bonds. The van der Waals surface area contributed by atoms with Crippen molar-refractivity contribution in [2.24, 2.45) is 0 Å². The summed E-state index contributed by atoms with van der Waals surface area (Å²) in [7, 11) is 1.57. The van der Waals surface area contributed by atoms with Crippen molar-refractivity contribution in [3.63, 3.8) is 0 Å². The van der Waals surface area contributed by atoms with Crippen LogP contribution in [0.5, 0.6) is 11.5 Å². The number of carbonyl (C=O) groups excluding carboxylic acids is 1. The van der Waals surface area contributed by atoms with E-state index in [0.717, 1.165) is 0 Å². The van der Waals surface area contributed by atoms with Crippen LogP contribution in [0.4, 0.5) is 0 Å². The number of rotatable bonds is 6. The first-order chi connectivity index (χ1) is 8.99. The number of hydrogen-bond acceptors (Lipinski definition) is 4. The van der Waals surface area contributed by atoms with Crippen molar-refractivity contribution in [1.29, 1.82) is 0 Å². The third-order valence-corrected chi connectivity index (χ3v) is 2.95. The summed E-state index contributed by atoms with van der Waals surface area (Å²) in [6, 6.07) is 4.55. The Kier molecular flexibility index (Phi) is 5.63. The van der Waals surface area contributed by atoms with Gasteiger partial charge in [-0.15, -0.1) is 0 Å². The predicted molar refractivity (Wildman–Crippen MR) is 74.4 cm³/mol. The summed E-state index contributed by atoms with van der Waals surface area (Å²) in [6.07, 6.45) is 0. The van der Waals surface area contributed by atoms with Crippen molar-refractivity contribution in [3.8, 4) is 11.5 Å². The number of carbonyl (C=O) groups is 1. The standard InChI is InChI=1S/C14H22N2O3/c1-5-15-14(18)10(3)16-9(2)12-8-11(19-4)6-7-13(12)17/h6-10,16-17H,5H2,1-4H3,(H,15,18). The highest BCUT2D eigenvalue weighted by atomic mass is 16.5. The molecule has 2 atom stereocenters. The summed E-state index contributed by atoms with van der Waals surface area (Å²) in [4.78, 5) is 11.7. The fourth-order valence-electron chi connectivity index (χ4n) is 1.87. The Morgan fingerprint density at radius 1 is 1.42 bits per heavy atom. The number of hydrogen-bond donors (Lipinski definition) is 3. The van der Waals surface area contributed by atoms with Gasteiger partial charge in [0.25, 0.3) is 0 Å². The van der Waals surface area contributed by atoms with Crippen LogP contribution in [0.3, 0.4) is 0 Å². The fraction of sp³-hybridized carbons (Fsp3) is 0.500. The lowest BCUT2D eigenvalue weighted by atomic mass is 10.1. The second-order valence-electron chi connectivity index (χ2n) is 4.43. The molecule has 1 rings (SSSR count). The van der Waals surface area contributed by atoms with Gasteiger partial charge in [0.15, 0.2) is 0 Å². The first-order valence-corrected chi connectivity index (χ1v) is 6.40. The molecule has 5 heteroatoms. The summed E-state index contributed by atoms with van der Waals surface area (Å²) in [5.41, 5.74) is 0.704. The van der Waals surface area contributed by atoms with Gasteiger partial charge < -0.3 is 15.2 Å². The Balaban J connectivity index is 2.77. The first kappa shape index (κ1) is 15.3. The van der Waals surface area contributed by atoms with Crippen LogP contribution in [0.1, 0.15) is 32.4 Å². The van der Waals surface area contributed by atoms with Crippen LogP contribution in [0, 0.1) is 0 Å². The van der Waals surface area contributed by atoms with Crippen molar-refractivity contribution in [3.05, 3.63) is 23.8 Å². The number of methoxy groups -OCH3 is 1. The zero-order valence-electron chi connectivity index (χ0n) is 11.9. The second-order valence-corrected chi connectivity index (χ2v) is 4.43. The summed E-state index contributed by atoms with van der Waals surface area (Å²) in [6.45, 7) is 6.16. The van der Waals surface area contributed by atoms with Crippen molar-refractivity contribution in [2.45, 2.75) is 32.9 Å². The van der Waals surface area contributed by atoms with Crippen molar-refractivity contribution < 1.29 is 14.6 Å². The van der Waals surface area contributed by atoms with E-state index in [1.807, 2.05) is 13.8 Å². The van der Waals surface area contributed by atoms with E-state index in [1.165, 1.54) is 0 Å². The first-order valence-electron chi connectivity index (χ1n) is 6.40. The maximum Gasteiger partial charge on any atom is 0.236 e. The molecule has 106 valence electrons. The zero-order valence-corrected chi connectivity index (χ0v) is 11.9. The largest absolute Gasteiger partial charge is 0.508 e. The highest BCUT2D eigenvalue weighted by Crippen LogP contribution is 2.28. The maximum absolute atomic E-state index is 11.7. The van der Waals surface area contributed by atoms with Crippen LogP contribution < -0.4 is 15.4 Å². The number of benzene rings is 1. The lowest BCUT2D eigenvalue weighted by Gasteiger charge is -2.21. The van der Waals surface area contributed by atoms with Crippen LogP contribution >= 0.6 is 0 Å². The van der Waals surface area contributed by atoms with Crippen LogP contribution in [0.15, 0.2) is 18.2 Å².